The summed E-state index contributed by atoms with van der Waals surface area (Å²) in [6, 6.07) is 12.4. The second kappa shape index (κ2) is 12.8. The second-order valence-electron chi connectivity index (χ2n) is 9.86. The highest BCUT2D eigenvalue weighted by molar-refractivity contribution is 5.93. The number of likely N-dealkylation sites (N-methyl/N-ethyl adjacent to an activating group) is 1. The molecule has 10 heteroatoms. The smallest absolute Gasteiger partial charge is 0.387 e. The lowest BCUT2D eigenvalue weighted by atomic mass is 10.1. The molecule has 3 aromatic rings. The highest BCUT2D eigenvalue weighted by atomic mass is 19.3. The molecule has 2 aromatic carbocycles. The van der Waals surface area contributed by atoms with Gasteiger partial charge in [0.25, 0.3) is 0 Å². The average molecular weight is 543 g/mol. The molecule has 2 heterocycles. The minimum absolute atomic E-state index is 0.00145. The minimum Gasteiger partial charge on any atom is -0.490 e. The highest BCUT2D eigenvalue weighted by Crippen LogP contribution is 2.35. The van der Waals surface area contributed by atoms with Gasteiger partial charge in [0.1, 0.15) is 6.54 Å². The lowest BCUT2D eigenvalue weighted by molar-refractivity contribution is -0.129. The molecule has 1 aromatic heterocycles. The van der Waals surface area contributed by atoms with E-state index >= 15 is 0 Å². The lowest BCUT2D eigenvalue weighted by Gasteiger charge is -2.36. The number of unbranched alkanes of at least 4 members (excludes halogenated alkanes) is 2. The molecule has 0 unspecified atom stereocenters. The van der Waals surface area contributed by atoms with Gasteiger partial charge < -0.3 is 23.8 Å². The van der Waals surface area contributed by atoms with Crippen LogP contribution in [0.15, 0.2) is 48.7 Å². The number of nitrogens with zero attached hydrogens (tertiary/aromatic N) is 4. The van der Waals surface area contributed by atoms with Gasteiger partial charge in [-0.1, -0.05) is 31.9 Å². The fraction of sp³-hybridized carbons (Fsp3) is 0.448. The van der Waals surface area contributed by atoms with Gasteiger partial charge in [-0.15, -0.1) is 0 Å². The van der Waals surface area contributed by atoms with Crippen LogP contribution in [-0.4, -0.2) is 66.7 Å². The van der Waals surface area contributed by atoms with Gasteiger partial charge in [0, 0.05) is 62.6 Å². The Hall–Kier alpha value is -3.82. The number of rotatable bonds is 12. The number of urea groups is 1. The Balaban J connectivity index is 1.53. The van der Waals surface area contributed by atoms with Gasteiger partial charge in [-0.2, -0.15) is 8.78 Å². The maximum Gasteiger partial charge on any atom is 0.387 e. The first-order valence-electron chi connectivity index (χ1n) is 13.3. The third kappa shape index (κ3) is 6.79. The Bertz CT molecular complexity index is 1290. The van der Waals surface area contributed by atoms with Crippen LogP contribution in [0.4, 0.5) is 19.3 Å². The van der Waals surface area contributed by atoms with Crippen molar-refractivity contribution in [3.05, 3.63) is 54.2 Å². The van der Waals surface area contributed by atoms with E-state index in [1.54, 1.807) is 40.9 Å². The summed E-state index contributed by atoms with van der Waals surface area (Å²) in [5.74, 6) is 0.154. The van der Waals surface area contributed by atoms with E-state index in [1.165, 1.54) is 6.07 Å². The number of anilines is 1. The largest absolute Gasteiger partial charge is 0.490 e. The van der Waals surface area contributed by atoms with Gasteiger partial charge in [-0.25, -0.2) is 4.79 Å². The molecule has 0 N–H and O–H groups in total. The van der Waals surface area contributed by atoms with E-state index in [2.05, 4.69) is 11.7 Å². The molecule has 1 saturated heterocycles. The Morgan fingerprint density at radius 2 is 1.90 bits per heavy atom. The van der Waals surface area contributed by atoms with Gasteiger partial charge in [-0.05, 0) is 42.7 Å². The fourth-order valence-electron chi connectivity index (χ4n) is 4.73. The summed E-state index contributed by atoms with van der Waals surface area (Å²) in [5, 5.41) is 0.991. The number of amides is 3. The molecule has 1 aliphatic heterocycles. The molecule has 0 bridgehead atoms. The summed E-state index contributed by atoms with van der Waals surface area (Å²) in [6.45, 7) is 1.23. The molecule has 0 atom stereocenters. The summed E-state index contributed by atoms with van der Waals surface area (Å²) in [6.07, 6.45) is 5.41. The van der Waals surface area contributed by atoms with Crippen LogP contribution < -0.4 is 14.4 Å². The van der Waals surface area contributed by atoms with Crippen molar-refractivity contribution in [1.29, 1.82) is 0 Å². The second-order valence-corrected chi connectivity index (χ2v) is 9.86. The Labute approximate surface area is 227 Å². The Morgan fingerprint density at radius 1 is 1.08 bits per heavy atom. The zero-order valence-electron chi connectivity index (χ0n) is 22.7. The summed E-state index contributed by atoms with van der Waals surface area (Å²) in [4.78, 5) is 30.8. The molecule has 0 radical (unpaired) electrons. The molecule has 1 aliphatic rings. The molecule has 0 spiro atoms. The van der Waals surface area contributed by atoms with Crippen LogP contribution in [0.5, 0.6) is 11.5 Å². The van der Waals surface area contributed by atoms with Crippen LogP contribution in [0.25, 0.3) is 10.9 Å². The van der Waals surface area contributed by atoms with E-state index in [0.717, 1.165) is 42.1 Å². The van der Waals surface area contributed by atoms with E-state index in [9.17, 15) is 18.4 Å². The molecular formula is C29H36F2N4O4. The quantitative estimate of drug-likeness (QED) is 0.274. The van der Waals surface area contributed by atoms with Crippen molar-refractivity contribution in [3.63, 3.8) is 0 Å². The number of hydrogen-bond donors (Lipinski definition) is 0. The number of ether oxygens (including phenoxy) is 2. The first kappa shape index (κ1) is 28.2. The van der Waals surface area contributed by atoms with Gasteiger partial charge >= 0.3 is 12.6 Å². The Morgan fingerprint density at radius 3 is 2.64 bits per heavy atom. The van der Waals surface area contributed by atoms with Crippen molar-refractivity contribution in [2.45, 2.75) is 52.3 Å². The zero-order valence-corrected chi connectivity index (χ0v) is 22.7. The topological polar surface area (TPSA) is 67.2 Å². The molecule has 0 saturated carbocycles. The normalized spacial score (nSPS) is 13.8. The fourth-order valence-corrected chi connectivity index (χ4v) is 4.73. The number of hydrogen-bond acceptors (Lipinski definition) is 4. The van der Waals surface area contributed by atoms with Gasteiger partial charge in [-0.3, -0.25) is 9.69 Å². The van der Waals surface area contributed by atoms with Gasteiger partial charge in [0.05, 0.1) is 6.61 Å². The first-order chi connectivity index (χ1) is 18.8. The third-order valence-electron chi connectivity index (χ3n) is 6.84. The molecular weight excluding hydrogens is 506 g/mol. The van der Waals surface area contributed by atoms with Crippen molar-refractivity contribution in [2.75, 3.05) is 38.7 Å². The highest BCUT2D eigenvalue weighted by Gasteiger charge is 2.28. The summed E-state index contributed by atoms with van der Waals surface area (Å²) in [7, 11) is 3.46. The van der Waals surface area contributed by atoms with Crippen LogP contribution in [0.1, 0.15) is 38.2 Å². The maximum atomic E-state index is 13.6. The predicted octanol–water partition coefficient (Wildman–Crippen LogP) is 5.73. The van der Waals surface area contributed by atoms with Crippen molar-refractivity contribution >= 4 is 28.5 Å². The van der Waals surface area contributed by atoms with Crippen molar-refractivity contribution < 1.29 is 27.8 Å². The number of carbonyl (C=O) groups excluding carboxylic acids is 2. The van der Waals surface area contributed by atoms with E-state index in [0.29, 0.717) is 31.9 Å². The predicted molar refractivity (Wildman–Crippen MR) is 146 cm³/mol. The Kier molecular flexibility index (Phi) is 9.27. The average Bonchev–Trinajstić information content (AvgIpc) is 3.32. The van der Waals surface area contributed by atoms with E-state index in [4.69, 9.17) is 4.74 Å². The van der Waals surface area contributed by atoms with Crippen LogP contribution in [0.3, 0.4) is 0 Å². The van der Waals surface area contributed by atoms with Crippen LogP contribution in [0.2, 0.25) is 0 Å². The van der Waals surface area contributed by atoms with Gasteiger partial charge in [0.2, 0.25) is 5.91 Å². The summed E-state index contributed by atoms with van der Waals surface area (Å²) < 4.78 is 38.3. The number of benzene rings is 2. The van der Waals surface area contributed by atoms with E-state index in [-0.39, 0.29) is 30.0 Å². The van der Waals surface area contributed by atoms with E-state index in [1.807, 2.05) is 35.0 Å². The van der Waals surface area contributed by atoms with Crippen molar-refractivity contribution in [2.24, 2.45) is 0 Å². The summed E-state index contributed by atoms with van der Waals surface area (Å²) >= 11 is 0. The molecule has 8 nitrogen and oxygen atoms in total. The molecule has 3 amide bonds. The van der Waals surface area contributed by atoms with Crippen LogP contribution in [0, 0.1) is 0 Å². The molecule has 210 valence electrons. The standard InChI is InChI=1S/C29H36F2N4O4/c1-4-5-6-17-38-26-18-22(11-12-25(26)39-28(30)31)35-15-8-14-34(29(35)37)19-21-9-7-10-24-23(21)13-16-33(24)20-27(36)32(2)3/h7,9-13,16,18,28H,4-6,8,14-15,17,19-20H2,1-3H3. The third-order valence-corrected chi connectivity index (χ3v) is 6.84. The number of aromatic nitrogens is 1. The minimum atomic E-state index is -2.97. The number of fused-ring (bicyclic) bond motifs is 1. The van der Waals surface area contributed by atoms with Crippen LogP contribution in [-0.2, 0) is 17.9 Å². The molecule has 1 fully saturated rings. The number of halogens is 2. The number of carbonyl (C=O) groups is 2. The van der Waals surface area contributed by atoms with Crippen molar-refractivity contribution in [3.8, 4) is 11.5 Å². The summed E-state index contributed by atoms with van der Waals surface area (Å²) in [5.41, 5.74) is 2.49. The van der Waals surface area contributed by atoms with E-state index < -0.39 is 6.61 Å². The van der Waals surface area contributed by atoms with Crippen molar-refractivity contribution in [1.82, 2.24) is 14.4 Å². The maximum absolute atomic E-state index is 13.6. The molecule has 39 heavy (non-hydrogen) atoms. The SMILES string of the molecule is CCCCCOc1cc(N2CCCN(Cc3cccc4c3ccn4CC(=O)N(C)C)C2=O)ccc1OC(F)F. The van der Waals surface area contributed by atoms with Crippen LogP contribution >= 0.6 is 0 Å². The lowest BCUT2D eigenvalue weighted by Crippen LogP contribution is -2.49. The monoisotopic (exact) mass is 542 g/mol. The zero-order chi connectivity index (χ0) is 27.9. The molecule has 4 rings (SSSR count). The van der Waals surface area contributed by atoms with Gasteiger partial charge in [0.15, 0.2) is 11.5 Å². The molecule has 0 aliphatic carbocycles. The number of alkyl halides is 2. The first-order valence-corrected chi connectivity index (χ1v) is 13.3.